The molecule has 0 radical (unpaired) electrons. The maximum Gasteiger partial charge on any atom is 0.514 e. The minimum absolute atomic E-state index is 0.0748. The van der Waals surface area contributed by atoms with Crippen molar-refractivity contribution >= 4 is 11.8 Å². The molecule has 6 aliphatic rings. The summed E-state index contributed by atoms with van der Waals surface area (Å²) in [6, 6.07) is 5.30. The molecule has 2 spiro atoms. The van der Waals surface area contributed by atoms with Crippen molar-refractivity contribution in [3.63, 3.8) is 0 Å². The number of benzene rings is 1. The molecule has 2 atom stereocenters. The quantitative estimate of drug-likeness (QED) is 0.213. The molecule has 6 fully saturated rings. The summed E-state index contributed by atoms with van der Waals surface area (Å²) < 4.78 is 17.4. The molecule has 0 aromatic heterocycles. The zero-order valence-corrected chi connectivity index (χ0v) is 17.8. The van der Waals surface area contributed by atoms with Gasteiger partial charge in [0.2, 0.25) is 11.6 Å². The van der Waals surface area contributed by atoms with Gasteiger partial charge in [0.25, 0.3) is 5.69 Å². The Balaban J connectivity index is 1.09. The molecule has 9 nitrogen and oxygen atoms in total. The third kappa shape index (κ3) is 3.38. The Hall–Kier alpha value is -2.23. The number of non-ortho nitro benzene ring substituents is 1. The van der Waals surface area contributed by atoms with E-state index in [0.29, 0.717) is 31.1 Å². The average Bonchev–Trinajstić information content (AvgIpc) is 3.11. The van der Waals surface area contributed by atoms with Crippen LogP contribution in [0.2, 0.25) is 0 Å². The molecule has 172 valence electrons. The zero-order valence-electron chi connectivity index (χ0n) is 17.8. The van der Waals surface area contributed by atoms with E-state index >= 15 is 0 Å². The Morgan fingerprint density at radius 1 is 1.03 bits per heavy atom. The molecule has 0 amide bonds. The molecular formula is C23H27NO8. The van der Waals surface area contributed by atoms with Crippen molar-refractivity contribution in [2.45, 2.75) is 75.5 Å². The highest BCUT2D eigenvalue weighted by molar-refractivity contribution is 5.64. The number of carbonyl (C=O) groups excluding carboxylic acids is 1. The molecule has 5 aliphatic carbocycles. The minimum Gasteiger partial charge on any atom is -0.430 e. The van der Waals surface area contributed by atoms with Crippen LogP contribution in [0.15, 0.2) is 24.3 Å². The van der Waals surface area contributed by atoms with E-state index in [-0.39, 0.29) is 11.4 Å². The van der Waals surface area contributed by atoms with Crippen LogP contribution >= 0.6 is 0 Å². The fraction of sp³-hybridized carbons (Fsp3) is 0.696. The van der Waals surface area contributed by atoms with Crippen LogP contribution in [0, 0.1) is 33.8 Å². The fourth-order valence-electron chi connectivity index (χ4n) is 6.92. The molecule has 1 heterocycles. The van der Waals surface area contributed by atoms with Gasteiger partial charge >= 0.3 is 6.16 Å². The number of ether oxygens (including phenoxy) is 3. The molecule has 1 aromatic carbocycles. The fourth-order valence-corrected chi connectivity index (χ4v) is 6.92. The summed E-state index contributed by atoms with van der Waals surface area (Å²) in [6.07, 6.45) is 7.26. The van der Waals surface area contributed by atoms with Crippen LogP contribution in [0.25, 0.3) is 0 Å². The maximum atomic E-state index is 12.3. The largest absolute Gasteiger partial charge is 0.514 e. The van der Waals surface area contributed by atoms with Gasteiger partial charge in [-0.2, -0.15) is 9.78 Å². The second kappa shape index (κ2) is 7.40. The van der Waals surface area contributed by atoms with Gasteiger partial charge in [-0.3, -0.25) is 10.1 Å². The Kier molecular flexibility index (Phi) is 4.71. The summed E-state index contributed by atoms with van der Waals surface area (Å²) in [6.45, 7) is 0. The lowest BCUT2D eigenvalue weighted by atomic mass is 9.53. The van der Waals surface area contributed by atoms with Crippen LogP contribution in [0.4, 0.5) is 10.5 Å². The highest BCUT2D eigenvalue weighted by Crippen LogP contribution is 2.63. The smallest absolute Gasteiger partial charge is 0.430 e. The highest BCUT2D eigenvalue weighted by Gasteiger charge is 2.67. The second-order valence-electron chi connectivity index (χ2n) is 10.1. The topological polar surface area (TPSA) is 106 Å². The molecule has 32 heavy (non-hydrogen) atoms. The molecule has 0 N–H and O–H groups in total. The lowest BCUT2D eigenvalue weighted by Gasteiger charge is -2.57. The van der Waals surface area contributed by atoms with Gasteiger partial charge in [-0.05, 0) is 68.9 Å². The van der Waals surface area contributed by atoms with E-state index in [4.69, 9.17) is 24.0 Å². The van der Waals surface area contributed by atoms with Crippen LogP contribution in [0.1, 0.15) is 57.8 Å². The Labute approximate surface area is 185 Å². The van der Waals surface area contributed by atoms with Gasteiger partial charge in [-0.15, -0.1) is 0 Å². The standard InChI is InChI=1S/C23H27NO8/c25-21(28-19-5-3-18(4-6-19)24(26)27)29-20-2-1-7-22(13-20)30-23(32-31-22)16-9-14-8-15(11-16)12-17(23)10-14/h3-6,14-17,20H,1-2,7-13H2. The zero-order chi connectivity index (χ0) is 21.9. The van der Waals surface area contributed by atoms with Crippen LogP contribution in [0.3, 0.4) is 0 Å². The lowest BCUT2D eigenvalue weighted by Crippen LogP contribution is -2.59. The Morgan fingerprint density at radius 3 is 2.38 bits per heavy atom. The first-order valence-corrected chi connectivity index (χ1v) is 11.6. The van der Waals surface area contributed by atoms with E-state index in [1.807, 2.05) is 0 Å². The molecular weight excluding hydrogens is 418 g/mol. The monoisotopic (exact) mass is 445 g/mol. The first-order chi connectivity index (χ1) is 15.4. The third-order valence-electron chi connectivity index (χ3n) is 8.08. The number of hydrogen-bond donors (Lipinski definition) is 0. The summed E-state index contributed by atoms with van der Waals surface area (Å²) in [5.74, 6) is 1.01. The third-order valence-corrected chi connectivity index (χ3v) is 8.08. The normalized spacial score (nSPS) is 41.8. The number of nitro benzene ring substituents is 1. The van der Waals surface area contributed by atoms with Crippen LogP contribution in [-0.2, 0) is 19.2 Å². The number of nitrogens with zero attached hydrogens (tertiary/aromatic N) is 1. The molecule has 4 bridgehead atoms. The Morgan fingerprint density at radius 2 is 1.72 bits per heavy atom. The van der Waals surface area contributed by atoms with Gasteiger partial charge in [-0.25, -0.2) is 4.79 Å². The van der Waals surface area contributed by atoms with Crippen molar-refractivity contribution < 1.29 is 33.7 Å². The van der Waals surface area contributed by atoms with Gasteiger partial charge in [0.05, 0.1) is 4.92 Å². The van der Waals surface area contributed by atoms with Gasteiger partial charge in [0.15, 0.2) is 0 Å². The highest BCUT2D eigenvalue weighted by atomic mass is 17.3. The van der Waals surface area contributed by atoms with Crippen molar-refractivity contribution in [1.29, 1.82) is 0 Å². The van der Waals surface area contributed by atoms with Crippen molar-refractivity contribution in [1.82, 2.24) is 0 Å². The van der Waals surface area contributed by atoms with Gasteiger partial charge in [0, 0.05) is 36.8 Å². The van der Waals surface area contributed by atoms with E-state index in [2.05, 4.69) is 0 Å². The molecule has 1 saturated heterocycles. The van der Waals surface area contributed by atoms with E-state index in [1.165, 1.54) is 30.7 Å². The number of rotatable bonds is 3. The minimum atomic E-state index is -0.883. The predicted molar refractivity (Wildman–Crippen MR) is 108 cm³/mol. The first kappa shape index (κ1) is 20.4. The van der Waals surface area contributed by atoms with Gasteiger partial charge < -0.3 is 14.2 Å². The lowest BCUT2D eigenvalue weighted by molar-refractivity contribution is -0.390. The summed E-state index contributed by atoms with van der Waals surface area (Å²) in [5.41, 5.74) is -0.0748. The molecule has 7 rings (SSSR count). The summed E-state index contributed by atoms with van der Waals surface area (Å²) in [5, 5.41) is 10.8. The average molecular weight is 445 g/mol. The van der Waals surface area contributed by atoms with Crippen molar-refractivity contribution in [3.8, 4) is 5.75 Å². The SMILES string of the molecule is O=C(Oc1ccc([N+](=O)[O-])cc1)OC1CCCC2(C1)OOC1(O2)C2CC3CC(C2)CC1C3. The van der Waals surface area contributed by atoms with Crippen molar-refractivity contribution in [2.75, 3.05) is 0 Å². The van der Waals surface area contributed by atoms with Crippen LogP contribution in [0.5, 0.6) is 5.75 Å². The number of carbonyl (C=O) groups is 1. The van der Waals surface area contributed by atoms with Crippen molar-refractivity contribution in [2.24, 2.45) is 23.7 Å². The predicted octanol–water partition coefficient (Wildman–Crippen LogP) is 4.88. The van der Waals surface area contributed by atoms with E-state index in [9.17, 15) is 14.9 Å². The van der Waals surface area contributed by atoms with E-state index in [1.54, 1.807) is 0 Å². The summed E-state index contributed by atoms with van der Waals surface area (Å²) >= 11 is 0. The van der Waals surface area contributed by atoms with Crippen LogP contribution in [-0.4, -0.2) is 28.8 Å². The Bertz CT molecular complexity index is 889. The number of hydrogen-bond acceptors (Lipinski definition) is 8. The number of nitro groups is 1. The van der Waals surface area contributed by atoms with Gasteiger partial charge in [-0.1, -0.05) is 0 Å². The van der Waals surface area contributed by atoms with Crippen LogP contribution < -0.4 is 4.74 Å². The van der Waals surface area contributed by atoms with E-state index < -0.39 is 28.8 Å². The summed E-state index contributed by atoms with van der Waals surface area (Å²) in [7, 11) is 0. The molecule has 2 unspecified atom stereocenters. The molecule has 1 aliphatic heterocycles. The van der Waals surface area contributed by atoms with Gasteiger partial charge in [0.1, 0.15) is 11.9 Å². The second-order valence-corrected chi connectivity index (χ2v) is 10.1. The maximum absolute atomic E-state index is 12.3. The first-order valence-electron chi connectivity index (χ1n) is 11.6. The summed E-state index contributed by atoms with van der Waals surface area (Å²) in [4.78, 5) is 34.5. The molecule has 1 aromatic rings. The molecule has 5 saturated carbocycles. The van der Waals surface area contributed by atoms with E-state index in [0.717, 1.165) is 43.9 Å². The van der Waals surface area contributed by atoms with Crippen molar-refractivity contribution in [3.05, 3.63) is 34.4 Å². The molecule has 9 heteroatoms.